The van der Waals surface area contributed by atoms with Gasteiger partial charge in [0, 0.05) is 18.2 Å². The molecule has 1 rings (SSSR count). The molecule has 0 aliphatic rings. The molecule has 0 saturated carbocycles. The Morgan fingerprint density at radius 3 is 2.50 bits per heavy atom. The standard InChI is InChI=1S/C14H23NO/c1-4-13(9-11(2)3)15-10-12-7-5-6-8-14(12)16/h5-8,11,13,15-16H,4,9-10H2,1-3H3/t13-/m1/s1. The molecule has 0 bridgehead atoms. The molecule has 0 aliphatic carbocycles. The van der Waals surface area contributed by atoms with Crippen LogP contribution in [-0.4, -0.2) is 11.1 Å². The van der Waals surface area contributed by atoms with Crippen molar-refractivity contribution in [3.8, 4) is 5.75 Å². The van der Waals surface area contributed by atoms with Crippen molar-refractivity contribution in [3.63, 3.8) is 0 Å². The number of phenolic OH excluding ortho intramolecular Hbond substituents is 1. The van der Waals surface area contributed by atoms with Crippen molar-refractivity contribution in [1.29, 1.82) is 0 Å². The fraction of sp³-hybridized carbons (Fsp3) is 0.571. The van der Waals surface area contributed by atoms with Gasteiger partial charge in [0.25, 0.3) is 0 Å². The lowest BCUT2D eigenvalue weighted by atomic mass is 10.0. The summed E-state index contributed by atoms with van der Waals surface area (Å²) in [6.07, 6.45) is 2.32. The van der Waals surface area contributed by atoms with Crippen LogP contribution < -0.4 is 5.32 Å². The third kappa shape index (κ3) is 4.23. The van der Waals surface area contributed by atoms with E-state index in [0.29, 0.717) is 17.7 Å². The van der Waals surface area contributed by atoms with E-state index in [0.717, 1.165) is 18.5 Å². The van der Waals surface area contributed by atoms with Crippen LogP contribution in [0.3, 0.4) is 0 Å². The van der Waals surface area contributed by atoms with Crippen LogP contribution in [0, 0.1) is 5.92 Å². The predicted molar refractivity (Wildman–Crippen MR) is 68.5 cm³/mol. The van der Waals surface area contributed by atoms with E-state index in [-0.39, 0.29) is 0 Å². The molecule has 2 heteroatoms. The topological polar surface area (TPSA) is 32.3 Å². The van der Waals surface area contributed by atoms with Gasteiger partial charge in [-0.05, 0) is 24.8 Å². The van der Waals surface area contributed by atoms with Gasteiger partial charge in [-0.25, -0.2) is 0 Å². The Morgan fingerprint density at radius 2 is 1.94 bits per heavy atom. The summed E-state index contributed by atoms with van der Waals surface area (Å²) in [6.45, 7) is 7.43. The zero-order chi connectivity index (χ0) is 12.0. The van der Waals surface area contributed by atoms with Gasteiger partial charge in [0.2, 0.25) is 0 Å². The maximum Gasteiger partial charge on any atom is 0.120 e. The molecule has 0 amide bonds. The summed E-state index contributed by atoms with van der Waals surface area (Å²) >= 11 is 0. The van der Waals surface area contributed by atoms with Gasteiger partial charge in [-0.1, -0.05) is 39.0 Å². The van der Waals surface area contributed by atoms with Gasteiger partial charge in [-0.2, -0.15) is 0 Å². The molecule has 0 spiro atoms. The average Bonchev–Trinajstić information content (AvgIpc) is 2.25. The van der Waals surface area contributed by atoms with Crippen LogP contribution in [0.1, 0.15) is 39.2 Å². The summed E-state index contributed by atoms with van der Waals surface area (Å²) in [7, 11) is 0. The summed E-state index contributed by atoms with van der Waals surface area (Å²) in [6, 6.07) is 8.05. The summed E-state index contributed by atoms with van der Waals surface area (Å²) in [5, 5.41) is 13.1. The summed E-state index contributed by atoms with van der Waals surface area (Å²) < 4.78 is 0. The number of aromatic hydroxyl groups is 1. The van der Waals surface area contributed by atoms with Crippen LogP contribution in [-0.2, 0) is 6.54 Å². The Hall–Kier alpha value is -1.02. The zero-order valence-corrected chi connectivity index (χ0v) is 10.5. The van der Waals surface area contributed by atoms with Crippen molar-refractivity contribution in [2.45, 2.75) is 46.2 Å². The van der Waals surface area contributed by atoms with Crippen molar-refractivity contribution in [2.24, 2.45) is 5.92 Å². The van der Waals surface area contributed by atoms with Gasteiger partial charge < -0.3 is 10.4 Å². The highest BCUT2D eigenvalue weighted by molar-refractivity contribution is 5.31. The second kappa shape index (κ2) is 6.54. The maximum absolute atomic E-state index is 9.64. The average molecular weight is 221 g/mol. The molecular formula is C14H23NO. The molecule has 1 aromatic carbocycles. The molecule has 0 fully saturated rings. The zero-order valence-electron chi connectivity index (χ0n) is 10.5. The number of rotatable bonds is 6. The van der Waals surface area contributed by atoms with Gasteiger partial charge >= 0.3 is 0 Å². The van der Waals surface area contributed by atoms with Gasteiger partial charge in [0.15, 0.2) is 0 Å². The fourth-order valence-corrected chi connectivity index (χ4v) is 1.88. The van der Waals surface area contributed by atoms with Crippen LogP contribution in [0.2, 0.25) is 0 Å². The first-order valence-corrected chi connectivity index (χ1v) is 6.13. The predicted octanol–water partition coefficient (Wildman–Crippen LogP) is 3.31. The Balaban J connectivity index is 2.46. The lowest BCUT2D eigenvalue weighted by molar-refractivity contribution is 0.401. The quantitative estimate of drug-likeness (QED) is 0.772. The first kappa shape index (κ1) is 13.0. The molecule has 16 heavy (non-hydrogen) atoms. The molecule has 0 unspecified atom stereocenters. The minimum atomic E-state index is 0.384. The van der Waals surface area contributed by atoms with Crippen LogP contribution in [0.4, 0.5) is 0 Å². The lowest BCUT2D eigenvalue weighted by Crippen LogP contribution is -2.29. The highest BCUT2D eigenvalue weighted by Crippen LogP contribution is 2.16. The molecule has 0 aromatic heterocycles. The maximum atomic E-state index is 9.64. The lowest BCUT2D eigenvalue weighted by Gasteiger charge is -2.19. The number of hydrogen-bond donors (Lipinski definition) is 2. The van der Waals surface area contributed by atoms with Crippen molar-refractivity contribution in [1.82, 2.24) is 5.32 Å². The Labute approximate surface area is 98.7 Å². The van der Waals surface area contributed by atoms with Gasteiger partial charge in [-0.15, -0.1) is 0 Å². The minimum Gasteiger partial charge on any atom is -0.508 e. The minimum absolute atomic E-state index is 0.384. The molecular weight excluding hydrogens is 198 g/mol. The van der Waals surface area contributed by atoms with Gasteiger partial charge in [0.05, 0.1) is 0 Å². The summed E-state index contributed by atoms with van der Waals surface area (Å²) in [4.78, 5) is 0. The number of nitrogens with one attached hydrogen (secondary N) is 1. The van der Waals surface area contributed by atoms with E-state index in [1.165, 1.54) is 6.42 Å². The normalized spacial score (nSPS) is 13.0. The van der Waals surface area contributed by atoms with Crippen molar-refractivity contribution >= 4 is 0 Å². The number of benzene rings is 1. The van der Waals surface area contributed by atoms with Gasteiger partial charge in [-0.3, -0.25) is 0 Å². The van der Waals surface area contributed by atoms with E-state index in [2.05, 4.69) is 26.1 Å². The summed E-state index contributed by atoms with van der Waals surface area (Å²) in [5.41, 5.74) is 0.977. The van der Waals surface area contributed by atoms with E-state index in [1.807, 2.05) is 18.2 Å². The number of phenols is 1. The van der Waals surface area contributed by atoms with Crippen LogP contribution in [0.15, 0.2) is 24.3 Å². The van der Waals surface area contributed by atoms with E-state index in [9.17, 15) is 5.11 Å². The largest absolute Gasteiger partial charge is 0.508 e. The first-order chi connectivity index (χ1) is 7.63. The molecule has 0 saturated heterocycles. The molecule has 0 aliphatic heterocycles. The Morgan fingerprint density at radius 1 is 1.25 bits per heavy atom. The number of hydrogen-bond acceptors (Lipinski definition) is 2. The third-order valence-corrected chi connectivity index (χ3v) is 2.82. The van der Waals surface area contributed by atoms with Crippen molar-refractivity contribution in [3.05, 3.63) is 29.8 Å². The first-order valence-electron chi connectivity index (χ1n) is 6.13. The highest BCUT2D eigenvalue weighted by atomic mass is 16.3. The van der Waals surface area contributed by atoms with E-state index >= 15 is 0 Å². The van der Waals surface area contributed by atoms with E-state index < -0.39 is 0 Å². The van der Waals surface area contributed by atoms with E-state index in [4.69, 9.17) is 0 Å². The number of para-hydroxylation sites is 1. The molecule has 1 atom stereocenters. The summed E-state index contributed by atoms with van der Waals surface area (Å²) in [5.74, 6) is 1.09. The molecule has 0 heterocycles. The van der Waals surface area contributed by atoms with Gasteiger partial charge in [0.1, 0.15) is 5.75 Å². The van der Waals surface area contributed by atoms with Crippen LogP contribution in [0.5, 0.6) is 5.75 Å². The molecule has 0 radical (unpaired) electrons. The van der Waals surface area contributed by atoms with E-state index in [1.54, 1.807) is 6.07 Å². The third-order valence-electron chi connectivity index (χ3n) is 2.82. The Bertz CT molecular complexity index is 309. The second-order valence-electron chi connectivity index (χ2n) is 4.74. The SMILES string of the molecule is CC[C@H](CC(C)C)NCc1ccccc1O. The monoisotopic (exact) mass is 221 g/mol. The molecule has 1 aromatic rings. The van der Waals surface area contributed by atoms with Crippen molar-refractivity contribution < 1.29 is 5.11 Å². The van der Waals surface area contributed by atoms with Crippen LogP contribution in [0.25, 0.3) is 0 Å². The smallest absolute Gasteiger partial charge is 0.120 e. The fourth-order valence-electron chi connectivity index (χ4n) is 1.88. The molecule has 2 N–H and O–H groups in total. The second-order valence-corrected chi connectivity index (χ2v) is 4.74. The molecule has 90 valence electrons. The molecule has 2 nitrogen and oxygen atoms in total. The highest BCUT2D eigenvalue weighted by Gasteiger charge is 2.08. The van der Waals surface area contributed by atoms with Crippen LogP contribution >= 0.6 is 0 Å². The Kier molecular flexibility index (Phi) is 5.33. The van der Waals surface area contributed by atoms with Crippen molar-refractivity contribution in [2.75, 3.05) is 0 Å².